The molecule has 0 unspecified atom stereocenters. The number of fused-ring (bicyclic) bond motifs is 1. The van der Waals surface area contributed by atoms with Gasteiger partial charge in [-0.25, -0.2) is 4.39 Å². The standard InChI is InChI=1S/C15H21FN2S/c1-4-15(5-2,19-3)10-18-9-11-6-7-12(16)8-13(11)14(18)17/h6-8,17H,4-5,9-10H2,1-3H3. The van der Waals surface area contributed by atoms with Crippen molar-refractivity contribution < 1.29 is 4.39 Å². The van der Waals surface area contributed by atoms with Crippen LogP contribution in [0.1, 0.15) is 37.8 Å². The molecule has 2 nitrogen and oxygen atoms in total. The first-order valence-electron chi connectivity index (χ1n) is 6.72. The zero-order chi connectivity index (χ0) is 14.0. The van der Waals surface area contributed by atoms with Crippen molar-refractivity contribution in [3.63, 3.8) is 0 Å². The van der Waals surface area contributed by atoms with Gasteiger partial charge in [0.1, 0.15) is 11.7 Å². The van der Waals surface area contributed by atoms with Crippen molar-refractivity contribution in [2.24, 2.45) is 0 Å². The van der Waals surface area contributed by atoms with Crippen LogP contribution in [0.4, 0.5) is 4.39 Å². The minimum atomic E-state index is -0.257. The van der Waals surface area contributed by atoms with Gasteiger partial charge >= 0.3 is 0 Å². The van der Waals surface area contributed by atoms with Crippen molar-refractivity contribution >= 4 is 17.6 Å². The van der Waals surface area contributed by atoms with Crippen LogP contribution >= 0.6 is 11.8 Å². The molecule has 1 heterocycles. The molecule has 4 heteroatoms. The second-order valence-electron chi connectivity index (χ2n) is 5.10. The van der Waals surface area contributed by atoms with E-state index in [1.807, 2.05) is 11.8 Å². The lowest BCUT2D eigenvalue weighted by Crippen LogP contribution is -2.40. The number of rotatable bonds is 5. The fourth-order valence-electron chi connectivity index (χ4n) is 2.67. The van der Waals surface area contributed by atoms with Crippen LogP contribution in [0, 0.1) is 11.2 Å². The maximum absolute atomic E-state index is 13.3. The Hall–Kier alpha value is -1.03. The predicted octanol–water partition coefficient (Wildman–Crippen LogP) is 3.89. The van der Waals surface area contributed by atoms with Crippen LogP contribution in [0.3, 0.4) is 0 Å². The van der Waals surface area contributed by atoms with E-state index in [9.17, 15) is 4.39 Å². The molecular weight excluding hydrogens is 259 g/mol. The Morgan fingerprint density at radius 1 is 1.37 bits per heavy atom. The van der Waals surface area contributed by atoms with E-state index in [1.54, 1.807) is 6.07 Å². The molecule has 0 fully saturated rings. The van der Waals surface area contributed by atoms with Gasteiger partial charge in [0.25, 0.3) is 0 Å². The Labute approximate surface area is 118 Å². The van der Waals surface area contributed by atoms with Crippen LogP contribution in [-0.2, 0) is 6.54 Å². The third-order valence-electron chi connectivity index (χ3n) is 4.21. The fraction of sp³-hybridized carbons (Fsp3) is 0.533. The molecule has 0 aromatic heterocycles. The third-order valence-corrected chi connectivity index (χ3v) is 5.78. The van der Waals surface area contributed by atoms with Crippen LogP contribution in [0.2, 0.25) is 0 Å². The molecule has 1 aromatic carbocycles. The van der Waals surface area contributed by atoms with Gasteiger partial charge in [-0.2, -0.15) is 11.8 Å². The Bertz CT molecular complexity index is 475. The van der Waals surface area contributed by atoms with Gasteiger partial charge in [-0.1, -0.05) is 19.9 Å². The van der Waals surface area contributed by atoms with E-state index in [0.717, 1.165) is 37.1 Å². The summed E-state index contributed by atoms with van der Waals surface area (Å²) in [6.45, 7) is 5.99. The minimum absolute atomic E-state index is 0.187. The lowest BCUT2D eigenvalue weighted by molar-refractivity contribution is 0.354. The summed E-state index contributed by atoms with van der Waals surface area (Å²) in [6, 6.07) is 4.77. The first-order valence-corrected chi connectivity index (χ1v) is 7.95. The van der Waals surface area contributed by atoms with Crippen molar-refractivity contribution in [3.05, 3.63) is 35.1 Å². The average Bonchev–Trinajstić information content (AvgIpc) is 2.73. The van der Waals surface area contributed by atoms with Gasteiger partial charge in [0.05, 0.1) is 0 Å². The van der Waals surface area contributed by atoms with E-state index in [-0.39, 0.29) is 10.6 Å². The van der Waals surface area contributed by atoms with Crippen LogP contribution in [-0.4, -0.2) is 28.3 Å². The van der Waals surface area contributed by atoms with Crippen molar-refractivity contribution in [1.29, 1.82) is 5.41 Å². The third kappa shape index (κ3) is 2.64. The topological polar surface area (TPSA) is 27.1 Å². The number of hydrogen-bond acceptors (Lipinski definition) is 2. The summed E-state index contributed by atoms with van der Waals surface area (Å²) in [5, 5.41) is 8.24. The van der Waals surface area contributed by atoms with Gasteiger partial charge < -0.3 is 4.90 Å². The van der Waals surface area contributed by atoms with E-state index in [1.165, 1.54) is 12.1 Å². The van der Waals surface area contributed by atoms with Gasteiger partial charge in [0.15, 0.2) is 0 Å². The SMILES string of the molecule is CCC(CC)(CN1Cc2ccc(F)cc2C1=N)SC. The van der Waals surface area contributed by atoms with E-state index in [4.69, 9.17) is 5.41 Å². The maximum Gasteiger partial charge on any atom is 0.128 e. The molecule has 0 aliphatic carbocycles. The summed E-state index contributed by atoms with van der Waals surface area (Å²) >= 11 is 1.88. The lowest BCUT2D eigenvalue weighted by atomic mass is 10.0. The van der Waals surface area contributed by atoms with Crippen LogP contribution in [0.25, 0.3) is 0 Å². The zero-order valence-electron chi connectivity index (χ0n) is 11.8. The molecule has 0 spiro atoms. The highest BCUT2D eigenvalue weighted by atomic mass is 32.2. The number of thioether (sulfide) groups is 1. The highest BCUT2D eigenvalue weighted by Gasteiger charge is 2.33. The number of halogens is 1. The summed E-state index contributed by atoms with van der Waals surface area (Å²) in [7, 11) is 0. The summed E-state index contributed by atoms with van der Waals surface area (Å²) in [4.78, 5) is 2.08. The van der Waals surface area contributed by atoms with Crippen molar-refractivity contribution in [1.82, 2.24) is 4.90 Å². The van der Waals surface area contributed by atoms with Gasteiger partial charge in [0.2, 0.25) is 0 Å². The Morgan fingerprint density at radius 2 is 2.05 bits per heavy atom. The Kier molecular flexibility index (Phi) is 4.19. The van der Waals surface area contributed by atoms with Gasteiger partial charge in [-0.15, -0.1) is 0 Å². The zero-order valence-corrected chi connectivity index (χ0v) is 12.6. The van der Waals surface area contributed by atoms with E-state index < -0.39 is 0 Å². The van der Waals surface area contributed by atoms with Gasteiger partial charge in [-0.05, 0) is 36.8 Å². The molecule has 0 amide bonds. The molecular formula is C15H21FN2S. The molecule has 1 N–H and O–H groups in total. The van der Waals surface area contributed by atoms with Gasteiger partial charge in [-0.3, -0.25) is 5.41 Å². The largest absolute Gasteiger partial charge is 0.351 e. The second-order valence-corrected chi connectivity index (χ2v) is 6.37. The normalized spacial score (nSPS) is 14.9. The predicted molar refractivity (Wildman–Crippen MR) is 80.5 cm³/mol. The summed E-state index contributed by atoms with van der Waals surface area (Å²) < 4.78 is 13.5. The lowest BCUT2D eigenvalue weighted by Gasteiger charge is -2.34. The smallest absolute Gasteiger partial charge is 0.128 e. The Morgan fingerprint density at radius 3 is 2.63 bits per heavy atom. The highest BCUT2D eigenvalue weighted by molar-refractivity contribution is 8.00. The first kappa shape index (κ1) is 14.4. The molecule has 2 rings (SSSR count). The second kappa shape index (κ2) is 5.53. The molecule has 1 aliphatic rings. The average molecular weight is 280 g/mol. The van der Waals surface area contributed by atoms with Crippen molar-refractivity contribution in [3.8, 4) is 0 Å². The first-order chi connectivity index (χ1) is 9.05. The number of nitrogens with zero attached hydrogens (tertiary/aromatic N) is 1. The van der Waals surface area contributed by atoms with E-state index in [2.05, 4.69) is 25.0 Å². The molecule has 1 aliphatic heterocycles. The molecule has 0 radical (unpaired) electrons. The summed E-state index contributed by atoms with van der Waals surface area (Å²) in [5.41, 5.74) is 1.82. The van der Waals surface area contributed by atoms with Crippen LogP contribution in [0.15, 0.2) is 18.2 Å². The van der Waals surface area contributed by atoms with Crippen molar-refractivity contribution in [2.75, 3.05) is 12.8 Å². The van der Waals surface area contributed by atoms with Gasteiger partial charge in [0, 0.05) is 23.4 Å². The minimum Gasteiger partial charge on any atom is -0.351 e. The van der Waals surface area contributed by atoms with Crippen LogP contribution < -0.4 is 0 Å². The monoisotopic (exact) mass is 280 g/mol. The number of hydrogen-bond donors (Lipinski definition) is 1. The fourth-order valence-corrected chi connectivity index (χ4v) is 3.53. The molecule has 0 saturated carbocycles. The highest BCUT2D eigenvalue weighted by Crippen LogP contribution is 2.34. The molecule has 0 bridgehead atoms. The summed E-state index contributed by atoms with van der Waals surface area (Å²) in [6.07, 6.45) is 4.30. The van der Waals surface area contributed by atoms with E-state index in [0.29, 0.717) is 5.84 Å². The number of amidine groups is 1. The quantitative estimate of drug-likeness (QED) is 0.886. The number of nitrogens with one attached hydrogen (secondary N) is 1. The maximum atomic E-state index is 13.3. The van der Waals surface area contributed by atoms with Crippen LogP contribution in [0.5, 0.6) is 0 Å². The molecule has 104 valence electrons. The Balaban J connectivity index is 2.20. The molecule has 0 atom stereocenters. The molecule has 19 heavy (non-hydrogen) atoms. The summed E-state index contributed by atoms with van der Waals surface area (Å²) in [5.74, 6) is 0.210. The molecule has 0 saturated heterocycles. The van der Waals surface area contributed by atoms with E-state index >= 15 is 0 Å². The van der Waals surface area contributed by atoms with Crippen molar-refractivity contribution in [2.45, 2.75) is 38.0 Å². The number of benzene rings is 1. The molecule has 1 aromatic rings.